The Bertz CT molecular complexity index is 369. The van der Waals surface area contributed by atoms with Crippen molar-refractivity contribution in [2.45, 2.75) is 64.3 Å². The van der Waals surface area contributed by atoms with Crippen LogP contribution in [0, 0.1) is 5.92 Å². The number of carbonyl (C=O) groups is 1. The average Bonchev–Trinajstić information content (AvgIpc) is 2.99. The number of imidazole rings is 1. The van der Waals surface area contributed by atoms with Gasteiger partial charge in [0.1, 0.15) is 0 Å². The van der Waals surface area contributed by atoms with Gasteiger partial charge in [-0.3, -0.25) is 4.79 Å². The molecular weight excluding hydrogens is 250 g/mol. The van der Waals surface area contributed by atoms with E-state index in [0.717, 1.165) is 38.3 Å². The molecule has 1 aliphatic carbocycles. The lowest BCUT2D eigenvalue weighted by molar-refractivity contribution is -0.121. The molecule has 0 bridgehead atoms. The second-order valence-corrected chi connectivity index (χ2v) is 5.90. The molecule has 1 saturated carbocycles. The van der Waals surface area contributed by atoms with E-state index < -0.39 is 0 Å². The molecule has 20 heavy (non-hydrogen) atoms. The topological polar surface area (TPSA) is 46.9 Å². The monoisotopic (exact) mass is 277 g/mol. The van der Waals surface area contributed by atoms with E-state index in [4.69, 9.17) is 0 Å². The summed E-state index contributed by atoms with van der Waals surface area (Å²) in [4.78, 5) is 15.8. The molecule has 0 saturated heterocycles. The molecule has 0 atom stereocenters. The maximum absolute atomic E-state index is 11.8. The summed E-state index contributed by atoms with van der Waals surface area (Å²) in [6.45, 7) is 1.79. The molecule has 0 aliphatic heterocycles. The second kappa shape index (κ2) is 8.77. The number of rotatable bonds is 8. The standard InChI is InChI=1S/C16H27N3O/c20-16(9-8-15-6-2-1-3-7-15)18-10-4-5-12-19-13-11-17-14-19/h11,13-15H,1-10,12H2,(H,18,20). The van der Waals surface area contributed by atoms with Crippen LogP contribution in [-0.4, -0.2) is 22.0 Å². The number of carbonyl (C=O) groups excluding carboxylic acids is 1. The van der Waals surface area contributed by atoms with Gasteiger partial charge in [0.05, 0.1) is 6.33 Å². The van der Waals surface area contributed by atoms with Gasteiger partial charge in [0.25, 0.3) is 0 Å². The quantitative estimate of drug-likeness (QED) is 0.742. The molecule has 1 amide bonds. The van der Waals surface area contributed by atoms with Crippen LogP contribution < -0.4 is 5.32 Å². The van der Waals surface area contributed by atoms with Crippen molar-refractivity contribution in [2.75, 3.05) is 6.54 Å². The van der Waals surface area contributed by atoms with E-state index >= 15 is 0 Å². The number of hydrogen-bond donors (Lipinski definition) is 1. The average molecular weight is 277 g/mol. The molecule has 4 nitrogen and oxygen atoms in total. The lowest BCUT2D eigenvalue weighted by atomic mass is 9.86. The number of nitrogens with zero attached hydrogens (tertiary/aromatic N) is 2. The van der Waals surface area contributed by atoms with Crippen molar-refractivity contribution in [3.63, 3.8) is 0 Å². The predicted molar refractivity (Wildman–Crippen MR) is 80.3 cm³/mol. The third kappa shape index (κ3) is 5.76. The Labute approximate surface area is 122 Å². The first-order chi connectivity index (χ1) is 9.84. The van der Waals surface area contributed by atoms with Crippen LogP contribution in [0.2, 0.25) is 0 Å². The van der Waals surface area contributed by atoms with Gasteiger partial charge in [-0.05, 0) is 25.2 Å². The Morgan fingerprint density at radius 2 is 2.10 bits per heavy atom. The van der Waals surface area contributed by atoms with Crippen LogP contribution in [0.15, 0.2) is 18.7 Å². The molecule has 0 unspecified atom stereocenters. The van der Waals surface area contributed by atoms with Gasteiger partial charge in [-0.2, -0.15) is 0 Å². The van der Waals surface area contributed by atoms with E-state index in [-0.39, 0.29) is 5.91 Å². The molecule has 1 fully saturated rings. The zero-order valence-corrected chi connectivity index (χ0v) is 12.4. The summed E-state index contributed by atoms with van der Waals surface area (Å²) in [5.74, 6) is 1.04. The van der Waals surface area contributed by atoms with Gasteiger partial charge in [0, 0.05) is 31.9 Å². The van der Waals surface area contributed by atoms with E-state index in [9.17, 15) is 4.79 Å². The van der Waals surface area contributed by atoms with E-state index in [2.05, 4.69) is 14.9 Å². The van der Waals surface area contributed by atoms with Gasteiger partial charge in [0.2, 0.25) is 5.91 Å². The third-order valence-electron chi connectivity index (χ3n) is 4.23. The smallest absolute Gasteiger partial charge is 0.220 e. The zero-order chi connectivity index (χ0) is 14.0. The van der Waals surface area contributed by atoms with Gasteiger partial charge >= 0.3 is 0 Å². The maximum atomic E-state index is 11.8. The van der Waals surface area contributed by atoms with Gasteiger partial charge in [-0.25, -0.2) is 4.98 Å². The fourth-order valence-corrected chi connectivity index (χ4v) is 2.97. The third-order valence-corrected chi connectivity index (χ3v) is 4.23. The molecule has 2 rings (SSSR count). The molecule has 1 aliphatic rings. The summed E-state index contributed by atoms with van der Waals surface area (Å²) in [5, 5.41) is 3.04. The molecule has 0 spiro atoms. The molecule has 1 aromatic rings. The lowest BCUT2D eigenvalue weighted by Crippen LogP contribution is -2.25. The maximum Gasteiger partial charge on any atom is 0.220 e. The van der Waals surface area contributed by atoms with Gasteiger partial charge in [-0.1, -0.05) is 32.1 Å². The van der Waals surface area contributed by atoms with Crippen molar-refractivity contribution in [3.05, 3.63) is 18.7 Å². The molecule has 0 radical (unpaired) electrons. The number of hydrogen-bond acceptors (Lipinski definition) is 2. The van der Waals surface area contributed by atoms with Crippen molar-refractivity contribution in [3.8, 4) is 0 Å². The second-order valence-electron chi connectivity index (χ2n) is 5.90. The number of aromatic nitrogens is 2. The molecule has 112 valence electrons. The van der Waals surface area contributed by atoms with Crippen molar-refractivity contribution >= 4 is 5.91 Å². The largest absolute Gasteiger partial charge is 0.356 e. The Kier molecular flexibility index (Phi) is 6.61. The minimum absolute atomic E-state index is 0.234. The Hall–Kier alpha value is -1.32. The van der Waals surface area contributed by atoms with Gasteiger partial charge in [-0.15, -0.1) is 0 Å². The highest BCUT2D eigenvalue weighted by Gasteiger charge is 2.14. The van der Waals surface area contributed by atoms with Crippen LogP contribution >= 0.6 is 0 Å². The fourth-order valence-electron chi connectivity index (χ4n) is 2.97. The van der Waals surface area contributed by atoms with Crippen LogP contribution in [0.5, 0.6) is 0 Å². The van der Waals surface area contributed by atoms with Crippen molar-refractivity contribution in [1.29, 1.82) is 0 Å². The Morgan fingerprint density at radius 1 is 1.25 bits per heavy atom. The molecular formula is C16H27N3O. The molecule has 1 aromatic heterocycles. The minimum Gasteiger partial charge on any atom is -0.356 e. The summed E-state index contributed by atoms with van der Waals surface area (Å²) >= 11 is 0. The van der Waals surface area contributed by atoms with Crippen LogP contribution in [0.1, 0.15) is 57.8 Å². The van der Waals surface area contributed by atoms with Crippen LogP contribution in [-0.2, 0) is 11.3 Å². The lowest BCUT2D eigenvalue weighted by Gasteiger charge is -2.20. The van der Waals surface area contributed by atoms with Crippen molar-refractivity contribution in [2.24, 2.45) is 5.92 Å². The van der Waals surface area contributed by atoms with Crippen molar-refractivity contribution in [1.82, 2.24) is 14.9 Å². The van der Waals surface area contributed by atoms with Crippen LogP contribution in [0.4, 0.5) is 0 Å². The number of unbranched alkanes of at least 4 members (excludes halogenated alkanes) is 1. The summed E-state index contributed by atoms with van der Waals surface area (Å²) in [5.41, 5.74) is 0. The first kappa shape index (κ1) is 15.1. The van der Waals surface area contributed by atoms with Gasteiger partial charge < -0.3 is 9.88 Å². The highest BCUT2D eigenvalue weighted by molar-refractivity contribution is 5.75. The summed E-state index contributed by atoms with van der Waals surface area (Å²) in [6, 6.07) is 0. The number of nitrogens with one attached hydrogen (secondary N) is 1. The predicted octanol–water partition coefficient (Wildman–Crippen LogP) is 3.14. The highest BCUT2D eigenvalue weighted by atomic mass is 16.1. The Balaban J connectivity index is 1.45. The number of amides is 1. The van der Waals surface area contributed by atoms with Gasteiger partial charge in [0.15, 0.2) is 0 Å². The minimum atomic E-state index is 0.234. The molecule has 4 heteroatoms. The summed E-state index contributed by atoms with van der Waals surface area (Å²) < 4.78 is 2.07. The first-order valence-electron chi connectivity index (χ1n) is 8.07. The number of aryl methyl sites for hydroxylation is 1. The van der Waals surface area contributed by atoms with E-state index in [0.29, 0.717) is 6.42 Å². The zero-order valence-electron chi connectivity index (χ0n) is 12.4. The van der Waals surface area contributed by atoms with E-state index in [1.165, 1.54) is 32.1 Å². The highest BCUT2D eigenvalue weighted by Crippen LogP contribution is 2.27. The SMILES string of the molecule is O=C(CCC1CCCCC1)NCCCCn1ccnc1. The fraction of sp³-hybridized carbons (Fsp3) is 0.750. The van der Waals surface area contributed by atoms with Crippen LogP contribution in [0.3, 0.4) is 0 Å². The van der Waals surface area contributed by atoms with Crippen LogP contribution in [0.25, 0.3) is 0 Å². The Morgan fingerprint density at radius 3 is 2.85 bits per heavy atom. The molecule has 1 heterocycles. The van der Waals surface area contributed by atoms with E-state index in [1.807, 2.05) is 12.5 Å². The first-order valence-corrected chi connectivity index (χ1v) is 8.07. The molecule has 0 aromatic carbocycles. The van der Waals surface area contributed by atoms with E-state index in [1.54, 1.807) is 6.20 Å². The summed E-state index contributed by atoms with van der Waals surface area (Å²) in [6.07, 6.45) is 16.3. The summed E-state index contributed by atoms with van der Waals surface area (Å²) in [7, 11) is 0. The normalized spacial score (nSPS) is 16.2. The van der Waals surface area contributed by atoms with Crippen molar-refractivity contribution < 1.29 is 4.79 Å². The molecule has 1 N–H and O–H groups in total.